The molecule has 0 bridgehead atoms. The topological polar surface area (TPSA) is 118 Å². The summed E-state index contributed by atoms with van der Waals surface area (Å²) in [6, 6.07) is 12.0. The molecule has 0 amide bonds. The lowest BCUT2D eigenvalue weighted by Crippen LogP contribution is -3.00. The van der Waals surface area contributed by atoms with Crippen LogP contribution in [0.2, 0.25) is 0 Å². The summed E-state index contributed by atoms with van der Waals surface area (Å²) in [6.45, 7) is 7.07. The first-order chi connectivity index (χ1) is 16.1. The van der Waals surface area contributed by atoms with Crippen molar-refractivity contribution < 1.29 is 36.7 Å². The lowest BCUT2D eigenvalue weighted by molar-refractivity contribution is -0.384. The van der Waals surface area contributed by atoms with Gasteiger partial charge in [-0.25, -0.2) is 0 Å². The second-order valence-electron chi connectivity index (χ2n) is 9.19. The molecule has 0 radical (unpaired) electrons. The number of benzene rings is 2. The van der Waals surface area contributed by atoms with Crippen LogP contribution in [0.15, 0.2) is 48.7 Å². The summed E-state index contributed by atoms with van der Waals surface area (Å²) in [5.74, 6) is 0.234. The fourth-order valence-electron chi connectivity index (χ4n) is 3.72. The first-order valence-corrected chi connectivity index (χ1v) is 11.0. The van der Waals surface area contributed by atoms with E-state index in [0.29, 0.717) is 18.8 Å². The van der Waals surface area contributed by atoms with Crippen molar-refractivity contribution in [2.75, 3.05) is 20.3 Å². The number of hydrogen-bond acceptors (Lipinski definition) is 7. The zero-order chi connectivity index (χ0) is 24.9. The number of ether oxygens (including phenoxy) is 2. The number of aliphatic hydroxyl groups is 1. The molecule has 35 heavy (non-hydrogen) atoms. The molecule has 0 spiro atoms. The van der Waals surface area contributed by atoms with Crippen molar-refractivity contribution in [3.63, 3.8) is 0 Å². The number of hydrogen-bond donors (Lipinski definition) is 2. The van der Waals surface area contributed by atoms with Crippen LogP contribution in [0.5, 0.6) is 5.75 Å². The number of rotatable bonds is 10. The summed E-state index contributed by atoms with van der Waals surface area (Å²) in [6.07, 6.45) is 1.10. The number of aliphatic hydroxyl groups excluding tert-OH is 1. The van der Waals surface area contributed by atoms with Gasteiger partial charge in [-0.1, -0.05) is 18.2 Å². The zero-order valence-electron chi connectivity index (χ0n) is 20.3. The molecule has 1 atom stereocenters. The Morgan fingerprint density at radius 1 is 1.20 bits per heavy atom. The first-order valence-electron chi connectivity index (χ1n) is 11.0. The number of nitrogens with zero attached hydrogens (tertiary/aromatic N) is 2. The molecule has 1 heterocycles. The lowest BCUT2D eigenvalue weighted by Gasteiger charge is -2.37. The molecular weight excluding hydrogens is 474 g/mol. The minimum atomic E-state index is -0.782. The van der Waals surface area contributed by atoms with Crippen LogP contribution < -0.4 is 17.1 Å². The van der Waals surface area contributed by atoms with E-state index < -0.39 is 11.0 Å². The summed E-state index contributed by atoms with van der Waals surface area (Å²) in [4.78, 5) is 27.5. The third kappa shape index (κ3) is 7.42. The molecule has 10 heteroatoms. The van der Waals surface area contributed by atoms with Crippen LogP contribution in [0.4, 0.5) is 5.69 Å². The number of carbonyl (C=O) groups is 1. The predicted octanol–water partition coefficient (Wildman–Crippen LogP) is 0.836. The van der Waals surface area contributed by atoms with Gasteiger partial charge >= 0.3 is 5.97 Å². The third-order valence-corrected chi connectivity index (χ3v) is 5.64. The van der Waals surface area contributed by atoms with Crippen molar-refractivity contribution in [3.8, 4) is 5.75 Å². The van der Waals surface area contributed by atoms with E-state index in [2.05, 4.69) is 9.88 Å². The summed E-state index contributed by atoms with van der Waals surface area (Å²) < 4.78 is 10.8. The molecule has 0 saturated heterocycles. The maximum Gasteiger partial charge on any atom is 0.310 e. The van der Waals surface area contributed by atoms with Crippen molar-refractivity contribution in [3.05, 3.63) is 69.9 Å². The molecule has 3 aromatic rings. The number of β-amino-alcohol motifs (C(OH)–C–C–N with tert-alkyl or cyclic N) is 1. The minimum absolute atomic E-state index is 0. The number of non-ortho nitro benzene ring substituents is 1. The van der Waals surface area contributed by atoms with Crippen molar-refractivity contribution >= 4 is 22.6 Å². The van der Waals surface area contributed by atoms with Gasteiger partial charge in [-0.3, -0.25) is 19.8 Å². The second-order valence-corrected chi connectivity index (χ2v) is 9.19. The summed E-state index contributed by atoms with van der Waals surface area (Å²) in [7, 11) is 1.35. The molecule has 1 aromatic heterocycles. The molecule has 2 aromatic carbocycles. The van der Waals surface area contributed by atoms with E-state index in [0.717, 1.165) is 22.0 Å². The molecule has 0 fully saturated rings. The molecule has 3 rings (SSSR count). The Bertz CT molecular complexity index is 1140. The Morgan fingerprint density at radius 2 is 1.89 bits per heavy atom. The zero-order valence-corrected chi connectivity index (χ0v) is 21.0. The standard InChI is InChI=1S/C25H31N3O6.ClH/c1-25(2,3)27(14-17-8-10-19(11-9-17)28(31)32)15-20(29)16-34-22-7-5-6-21-24(22)18(13-26-21)12-23(30)33-4;/h5-11,13,20,26,29H,12,14-16H2,1-4H3;1H/p-1. The van der Waals surface area contributed by atoms with E-state index in [4.69, 9.17) is 9.47 Å². The monoisotopic (exact) mass is 504 g/mol. The quantitative estimate of drug-likeness (QED) is 0.238. The molecular formula is C25H31ClN3O6-. The van der Waals surface area contributed by atoms with Crippen LogP contribution in [0.3, 0.4) is 0 Å². The molecule has 9 nitrogen and oxygen atoms in total. The van der Waals surface area contributed by atoms with Crippen LogP contribution in [0.1, 0.15) is 31.9 Å². The van der Waals surface area contributed by atoms with Crippen LogP contribution in [-0.2, 0) is 22.5 Å². The van der Waals surface area contributed by atoms with Gasteiger partial charge in [-0.2, -0.15) is 0 Å². The number of aromatic amines is 1. The number of nitro groups is 1. The van der Waals surface area contributed by atoms with Gasteiger partial charge in [-0.15, -0.1) is 0 Å². The highest BCUT2D eigenvalue weighted by Gasteiger charge is 2.25. The predicted molar refractivity (Wildman–Crippen MR) is 129 cm³/mol. The smallest absolute Gasteiger partial charge is 0.310 e. The molecule has 2 N–H and O–H groups in total. The second kappa shape index (κ2) is 12.0. The van der Waals surface area contributed by atoms with Gasteiger partial charge in [0.2, 0.25) is 0 Å². The largest absolute Gasteiger partial charge is 1.00 e. The van der Waals surface area contributed by atoms with Crippen molar-refractivity contribution in [2.24, 2.45) is 0 Å². The van der Waals surface area contributed by atoms with Crippen molar-refractivity contribution in [1.82, 2.24) is 9.88 Å². The van der Waals surface area contributed by atoms with Crippen LogP contribution in [-0.4, -0.2) is 57.8 Å². The van der Waals surface area contributed by atoms with Crippen LogP contribution in [0.25, 0.3) is 10.9 Å². The van der Waals surface area contributed by atoms with Crippen LogP contribution in [0, 0.1) is 10.1 Å². The molecule has 0 saturated carbocycles. The summed E-state index contributed by atoms with van der Waals surface area (Å²) in [5.41, 5.74) is 2.31. The summed E-state index contributed by atoms with van der Waals surface area (Å²) >= 11 is 0. The van der Waals surface area contributed by atoms with Gasteiger partial charge in [0, 0.05) is 47.9 Å². The van der Waals surface area contributed by atoms with E-state index in [-0.39, 0.29) is 42.6 Å². The Kier molecular flexibility index (Phi) is 9.64. The number of methoxy groups -OCH3 is 1. The Morgan fingerprint density at radius 3 is 2.49 bits per heavy atom. The van der Waals surface area contributed by atoms with E-state index in [1.54, 1.807) is 18.3 Å². The van der Waals surface area contributed by atoms with Gasteiger partial charge in [0.1, 0.15) is 18.5 Å². The molecule has 0 aliphatic carbocycles. The number of H-pyrrole nitrogens is 1. The molecule has 190 valence electrons. The highest BCUT2D eigenvalue weighted by atomic mass is 35.5. The Balaban J connectivity index is 0.00000432. The minimum Gasteiger partial charge on any atom is -1.00 e. The Hall–Kier alpha value is -3.14. The number of nitro benzene ring substituents is 1. The fraction of sp³-hybridized carbons (Fsp3) is 0.400. The molecule has 0 aliphatic rings. The average Bonchev–Trinajstić information content (AvgIpc) is 3.20. The fourth-order valence-corrected chi connectivity index (χ4v) is 3.72. The number of aromatic nitrogens is 1. The molecule has 1 unspecified atom stereocenters. The number of fused-ring (bicyclic) bond motifs is 1. The van der Waals surface area contributed by atoms with Gasteiger partial charge in [-0.05, 0) is 44.0 Å². The number of esters is 1. The third-order valence-electron chi connectivity index (χ3n) is 5.64. The van der Waals surface area contributed by atoms with E-state index in [1.807, 2.05) is 39.0 Å². The Labute approximate surface area is 210 Å². The normalized spacial score (nSPS) is 12.3. The van der Waals surface area contributed by atoms with Gasteiger partial charge in [0.05, 0.1) is 18.5 Å². The van der Waals surface area contributed by atoms with Crippen molar-refractivity contribution in [1.29, 1.82) is 0 Å². The maximum atomic E-state index is 11.8. The number of nitrogens with one attached hydrogen (secondary N) is 1. The van der Waals surface area contributed by atoms with Gasteiger partial charge in [0.15, 0.2) is 0 Å². The van der Waals surface area contributed by atoms with E-state index in [1.165, 1.54) is 19.2 Å². The average molecular weight is 505 g/mol. The molecule has 0 aliphatic heterocycles. The van der Waals surface area contributed by atoms with E-state index >= 15 is 0 Å². The first kappa shape index (κ1) is 28.1. The van der Waals surface area contributed by atoms with Gasteiger partial charge in [0.25, 0.3) is 5.69 Å². The van der Waals surface area contributed by atoms with E-state index in [9.17, 15) is 20.0 Å². The highest BCUT2D eigenvalue weighted by Crippen LogP contribution is 2.29. The SMILES string of the molecule is COC(=O)Cc1c[nH]c2cccc(OCC(O)CN(Cc3ccc([N+](=O)[O-])cc3)C(C)(C)C)c12.[Cl-]. The number of carbonyl (C=O) groups excluding carboxylic acids is 1. The number of halogens is 1. The van der Waals surface area contributed by atoms with Gasteiger partial charge < -0.3 is 32.0 Å². The maximum absolute atomic E-state index is 11.8. The van der Waals surface area contributed by atoms with Crippen LogP contribution >= 0.6 is 0 Å². The summed E-state index contributed by atoms with van der Waals surface area (Å²) in [5, 5.41) is 22.5. The highest BCUT2D eigenvalue weighted by molar-refractivity contribution is 5.92. The lowest BCUT2D eigenvalue weighted by atomic mass is 10.0. The van der Waals surface area contributed by atoms with Crippen molar-refractivity contribution in [2.45, 2.75) is 45.4 Å².